The molecule has 102 valence electrons. The van der Waals surface area contributed by atoms with Crippen molar-refractivity contribution in [3.8, 4) is 6.01 Å². The van der Waals surface area contributed by atoms with Gasteiger partial charge in [0.05, 0.1) is 6.61 Å². The van der Waals surface area contributed by atoms with Gasteiger partial charge in [-0.1, -0.05) is 0 Å². The van der Waals surface area contributed by atoms with Crippen LogP contribution in [-0.2, 0) is 9.59 Å². The maximum atomic E-state index is 11.5. The molecule has 19 heavy (non-hydrogen) atoms. The van der Waals surface area contributed by atoms with Crippen molar-refractivity contribution in [1.82, 2.24) is 14.9 Å². The van der Waals surface area contributed by atoms with Gasteiger partial charge in [-0.2, -0.15) is 0 Å². The molecule has 0 radical (unpaired) electrons. The number of aromatic nitrogens is 2. The molecule has 1 amide bonds. The largest absolute Gasteiger partial charge is 0.480 e. The van der Waals surface area contributed by atoms with Gasteiger partial charge in [0.15, 0.2) is 0 Å². The van der Waals surface area contributed by atoms with Crippen molar-refractivity contribution in [1.29, 1.82) is 0 Å². The van der Waals surface area contributed by atoms with Crippen molar-refractivity contribution in [3.05, 3.63) is 24.0 Å². The number of aliphatic carboxylic acids is 1. The minimum atomic E-state index is -1.06. The van der Waals surface area contributed by atoms with Gasteiger partial charge < -0.3 is 14.7 Å². The summed E-state index contributed by atoms with van der Waals surface area (Å²) in [6, 6.07) is 0.272. The molecule has 0 aliphatic carbocycles. The Bertz CT molecular complexity index is 470. The summed E-state index contributed by atoms with van der Waals surface area (Å²) in [6.07, 6.45) is 5.80. The van der Waals surface area contributed by atoms with E-state index in [1.54, 1.807) is 0 Å². The van der Waals surface area contributed by atoms with Crippen LogP contribution in [0.5, 0.6) is 6.01 Å². The fraction of sp³-hybridized carbons (Fsp3) is 0.333. The van der Waals surface area contributed by atoms with Crippen LogP contribution in [0.25, 0.3) is 6.08 Å². The summed E-state index contributed by atoms with van der Waals surface area (Å²) in [5.41, 5.74) is 0.625. The van der Waals surface area contributed by atoms with E-state index in [4.69, 9.17) is 9.84 Å². The molecule has 0 saturated heterocycles. The second-order valence-corrected chi connectivity index (χ2v) is 3.65. The molecule has 0 bridgehead atoms. The topological polar surface area (TPSA) is 92.6 Å². The van der Waals surface area contributed by atoms with Crippen LogP contribution in [0, 0.1) is 0 Å². The van der Waals surface area contributed by atoms with E-state index in [9.17, 15) is 9.59 Å². The average molecular weight is 265 g/mol. The Hall–Kier alpha value is -2.44. The predicted octanol–water partition coefficient (Wildman–Crippen LogP) is 0.431. The third kappa shape index (κ3) is 5.15. The summed E-state index contributed by atoms with van der Waals surface area (Å²) >= 11 is 0. The van der Waals surface area contributed by atoms with Crippen LogP contribution >= 0.6 is 0 Å². The molecule has 1 N–H and O–H groups in total. The second-order valence-electron chi connectivity index (χ2n) is 3.65. The first-order chi connectivity index (χ1) is 9.02. The monoisotopic (exact) mass is 265 g/mol. The van der Waals surface area contributed by atoms with Gasteiger partial charge in [0.25, 0.3) is 0 Å². The van der Waals surface area contributed by atoms with Gasteiger partial charge in [-0.3, -0.25) is 9.59 Å². The average Bonchev–Trinajstić information content (AvgIpc) is 2.37. The lowest BCUT2D eigenvalue weighted by Gasteiger charge is -2.11. The van der Waals surface area contributed by atoms with Crippen molar-refractivity contribution in [2.24, 2.45) is 0 Å². The van der Waals surface area contributed by atoms with E-state index < -0.39 is 11.9 Å². The molecule has 0 aromatic carbocycles. The lowest BCUT2D eigenvalue weighted by molar-refractivity contribution is -0.141. The van der Waals surface area contributed by atoms with Crippen LogP contribution in [0.2, 0.25) is 0 Å². The van der Waals surface area contributed by atoms with Crippen molar-refractivity contribution in [2.45, 2.75) is 6.92 Å². The molecule has 0 atom stereocenters. The Morgan fingerprint density at radius 3 is 2.58 bits per heavy atom. The van der Waals surface area contributed by atoms with Gasteiger partial charge in [-0.05, 0) is 13.0 Å². The molecule has 0 aliphatic rings. The van der Waals surface area contributed by atoms with E-state index in [1.165, 1.54) is 31.6 Å². The highest BCUT2D eigenvalue weighted by molar-refractivity contribution is 5.93. The molecule has 7 heteroatoms. The summed E-state index contributed by atoms with van der Waals surface area (Å²) in [4.78, 5) is 30.9. The van der Waals surface area contributed by atoms with Crippen LogP contribution in [0.3, 0.4) is 0 Å². The minimum Gasteiger partial charge on any atom is -0.480 e. The molecular formula is C12H15N3O4. The highest BCUT2D eigenvalue weighted by Crippen LogP contribution is 2.04. The van der Waals surface area contributed by atoms with Crippen molar-refractivity contribution in [2.75, 3.05) is 20.2 Å². The number of hydrogen-bond donors (Lipinski definition) is 1. The zero-order valence-corrected chi connectivity index (χ0v) is 10.7. The van der Waals surface area contributed by atoms with Gasteiger partial charge in [0, 0.05) is 31.1 Å². The Morgan fingerprint density at radius 1 is 1.42 bits per heavy atom. The van der Waals surface area contributed by atoms with Gasteiger partial charge in [0.1, 0.15) is 6.54 Å². The van der Waals surface area contributed by atoms with Crippen LogP contribution in [-0.4, -0.2) is 52.1 Å². The SMILES string of the molecule is CCOc1ncc(/C=C/C(=O)N(C)CC(=O)O)cn1. The van der Waals surface area contributed by atoms with Crippen molar-refractivity contribution in [3.63, 3.8) is 0 Å². The highest BCUT2D eigenvalue weighted by Gasteiger charge is 2.08. The van der Waals surface area contributed by atoms with Gasteiger partial charge >= 0.3 is 12.0 Å². The van der Waals surface area contributed by atoms with Crippen molar-refractivity contribution < 1.29 is 19.4 Å². The van der Waals surface area contributed by atoms with E-state index in [1.807, 2.05) is 6.92 Å². The van der Waals surface area contributed by atoms with E-state index in [0.717, 1.165) is 4.90 Å². The number of nitrogens with zero attached hydrogens (tertiary/aromatic N) is 3. The van der Waals surface area contributed by atoms with Crippen molar-refractivity contribution >= 4 is 18.0 Å². The number of likely N-dealkylation sites (N-methyl/N-ethyl adjacent to an activating group) is 1. The quantitative estimate of drug-likeness (QED) is 0.750. The van der Waals surface area contributed by atoms with Gasteiger partial charge in [-0.25, -0.2) is 9.97 Å². The predicted molar refractivity (Wildman–Crippen MR) is 67.5 cm³/mol. The van der Waals surface area contributed by atoms with E-state index in [0.29, 0.717) is 12.2 Å². The number of ether oxygens (including phenoxy) is 1. The number of carboxylic acids is 1. The molecule has 0 fully saturated rings. The summed E-state index contributed by atoms with van der Waals surface area (Å²) < 4.78 is 5.08. The van der Waals surface area contributed by atoms with Crippen LogP contribution in [0.1, 0.15) is 12.5 Å². The molecule has 1 rings (SSSR count). The molecule has 1 heterocycles. The van der Waals surface area contributed by atoms with Gasteiger partial charge in [0.2, 0.25) is 5.91 Å². The number of carboxylic acid groups (broad SMARTS) is 1. The third-order valence-electron chi connectivity index (χ3n) is 2.09. The summed E-state index contributed by atoms with van der Waals surface area (Å²) in [5.74, 6) is -1.47. The lowest BCUT2D eigenvalue weighted by Crippen LogP contribution is -2.30. The smallest absolute Gasteiger partial charge is 0.323 e. The molecule has 1 aromatic rings. The van der Waals surface area contributed by atoms with Gasteiger partial charge in [-0.15, -0.1) is 0 Å². The van der Waals surface area contributed by atoms with E-state index >= 15 is 0 Å². The maximum absolute atomic E-state index is 11.5. The number of rotatable bonds is 6. The summed E-state index contributed by atoms with van der Waals surface area (Å²) in [5, 5.41) is 8.55. The molecule has 0 saturated carbocycles. The number of hydrogen-bond acceptors (Lipinski definition) is 5. The Kier molecular flexibility index (Phi) is 5.46. The fourth-order valence-electron chi connectivity index (χ4n) is 1.19. The summed E-state index contributed by atoms with van der Waals surface area (Å²) in [7, 11) is 1.41. The third-order valence-corrected chi connectivity index (χ3v) is 2.09. The Labute approximate surface area is 110 Å². The Balaban J connectivity index is 2.60. The number of carbonyl (C=O) groups excluding carboxylic acids is 1. The molecule has 7 nitrogen and oxygen atoms in total. The van der Waals surface area contributed by atoms with Crippen LogP contribution in [0.4, 0.5) is 0 Å². The van der Waals surface area contributed by atoms with E-state index in [2.05, 4.69) is 9.97 Å². The highest BCUT2D eigenvalue weighted by atomic mass is 16.5. The first kappa shape index (κ1) is 14.6. The first-order valence-electron chi connectivity index (χ1n) is 5.62. The molecule has 1 aromatic heterocycles. The second kappa shape index (κ2) is 7.10. The standard InChI is InChI=1S/C12H15N3O4/c1-3-19-12-13-6-9(7-14-12)4-5-10(16)15(2)8-11(17)18/h4-7H,3,8H2,1-2H3,(H,17,18)/b5-4+. The number of carbonyl (C=O) groups is 2. The molecule has 0 unspecified atom stereocenters. The van der Waals surface area contributed by atoms with E-state index in [-0.39, 0.29) is 12.6 Å². The number of amides is 1. The molecular weight excluding hydrogens is 250 g/mol. The first-order valence-corrected chi connectivity index (χ1v) is 5.62. The molecule has 0 spiro atoms. The molecule has 0 aliphatic heterocycles. The Morgan fingerprint density at radius 2 is 2.05 bits per heavy atom. The van der Waals surface area contributed by atoms with Crippen LogP contribution in [0.15, 0.2) is 18.5 Å². The van der Waals surface area contributed by atoms with Crippen LogP contribution < -0.4 is 4.74 Å². The lowest BCUT2D eigenvalue weighted by atomic mass is 10.3. The summed E-state index contributed by atoms with van der Waals surface area (Å²) in [6.45, 7) is 1.96. The normalized spacial score (nSPS) is 10.4. The zero-order valence-electron chi connectivity index (χ0n) is 10.7. The maximum Gasteiger partial charge on any atom is 0.323 e. The minimum absolute atomic E-state index is 0.272. The zero-order chi connectivity index (χ0) is 14.3. The fourth-order valence-corrected chi connectivity index (χ4v) is 1.19.